The summed E-state index contributed by atoms with van der Waals surface area (Å²) in [6, 6.07) is 12.1. The molecule has 106 valence electrons. The summed E-state index contributed by atoms with van der Waals surface area (Å²) >= 11 is 0. The summed E-state index contributed by atoms with van der Waals surface area (Å²) in [5, 5.41) is 10.6. The van der Waals surface area contributed by atoms with Gasteiger partial charge >= 0.3 is 0 Å². The molecule has 1 N–H and O–H groups in total. The van der Waals surface area contributed by atoms with Crippen molar-refractivity contribution in [2.75, 3.05) is 0 Å². The Morgan fingerprint density at radius 1 is 1.00 bits per heavy atom. The summed E-state index contributed by atoms with van der Waals surface area (Å²) in [6.45, 7) is 4.15. The number of aliphatic hydroxyl groups is 1. The van der Waals surface area contributed by atoms with E-state index < -0.39 is 6.10 Å². The summed E-state index contributed by atoms with van der Waals surface area (Å²) in [4.78, 5) is 8.64. The second-order valence-electron chi connectivity index (χ2n) is 5.49. The SMILES string of the molecule is Cc1cc(C)cc(CC(O)c2cccc3nccnc23)c1. The third-order valence-corrected chi connectivity index (χ3v) is 3.60. The van der Waals surface area contributed by atoms with Crippen molar-refractivity contribution in [3.05, 3.63) is 71.0 Å². The predicted octanol–water partition coefficient (Wildman–Crippen LogP) is 3.52. The molecule has 0 aliphatic carbocycles. The molecule has 1 aromatic heterocycles. The summed E-state index contributed by atoms with van der Waals surface area (Å²) in [6.07, 6.45) is 3.34. The first kappa shape index (κ1) is 13.7. The van der Waals surface area contributed by atoms with E-state index in [2.05, 4.69) is 42.0 Å². The van der Waals surface area contributed by atoms with Crippen LogP contribution < -0.4 is 0 Å². The van der Waals surface area contributed by atoms with Crippen molar-refractivity contribution in [2.24, 2.45) is 0 Å². The van der Waals surface area contributed by atoms with Crippen molar-refractivity contribution in [1.29, 1.82) is 0 Å². The van der Waals surface area contributed by atoms with Gasteiger partial charge in [0.25, 0.3) is 0 Å². The normalized spacial score (nSPS) is 12.5. The zero-order valence-corrected chi connectivity index (χ0v) is 12.2. The Morgan fingerprint density at radius 2 is 1.71 bits per heavy atom. The summed E-state index contributed by atoms with van der Waals surface area (Å²) < 4.78 is 0. The first-order valence-corrected chi connectivity index (χ1v) is 7.08. The van der Waals surface area contributed by atoms with Crippen molar-refractivity contribution in [1.82, 2.24) is 9.97 Å². The molecule has 2 aromatic carbocycles. The molecular formula is C18H18N2O. The molecule has 1 unspecified atom stereocenters. The Morgan fingerprint density at radius 3 is 2.48 bits per heavy atom. The standard InChI is InChI=1S/C18H18N2O/c1-12-8-13(2)10-14(9-12)11-17(21)15-4-3-5-16-18(15)20-7-6-19-16/h3-10,17,21H,11H2,1-2H3. The zero-order valence-electron chi connectivity index (χ0n) is 12.2. The van der Waals surface area contributed by atoms with E-state index in [1.54, 1.807) is 12.4 Å². The van der Waals surface area contributed by atoms with Gasteiger partial charge in [0.05, 0.1) is 17.1 Å². The lowest BCUT2D eigenvalue weighted by Crippen LogP contribution is -2.04. The van der Waals surface area contributed by atoms with Gasteiger partial charge in [-0.3, -0.25) is 9.97 Å². The molecule has 1 heterocycles. The van der Waals surface area contributed by atoms with Gasteiger partial charge in [-0.15, -0.1) is 0 Å². The van der Waals surface area contributed by atoms with E-state index in [-0.39, 0.29) is 0 Å². The molecule has 3 rings (SSSR count). The lowest BCUT2D eigenvalue weighted by molar-refractivity contribution is 0.180. The van der Waals surface area contributed by atoms with E-state index in [0.717, 1.165) is 22.2 Å². The third kappa shape index (κ3) is 2.93. The van der Waals surface area contributed by atoms with Gasteiger partial charge in [-0.05, 0) is 25.5 Å². The summed E-state index contributed by atoms with van der Waals surface area (Å²) in [5.41, 5.74) is 6.00. The number of aliphatic hydroxyl groups excluding tert-OH is 1. The highest BCUT2D eigenvalue weighted by Gasteiger charge is 2.13. The van der Waals surface area contributed by atoms with Gasteiger partial charge in [-0.25, -0.2) is 0 Å². The zero-order chi connectivity index (χ0) is 14.8. The first-order chi connectivity index (χ1) is 10.1. The van der Waals surface area contributed by atoms with E-state index in [1.165, 1.54) is 11.1 Å². The molecule has 0 spiro atoms. The number of aryl methyl sites for hydroxylation is 2. The Kier molecular flexibility index (Phi) is 3.67. The average Bonchev–Trinajstić information content (AvgIpc) is 2.45. The quantitative estimate of drug-likeness (QED) is 0.797. The number of benzene rings is 2. The lowest BCUT2D eigenvalue weighted by Gasteiger charge is -2.14. The predicted molar refractivity (Wildman–Crippen MR) is 84.1 cm³/mol. The van der Waals surface area contributed by atoms with E-state index in [1.807, 2.05) is 18.2 Å². The molecule has 3 aromatic rings. The van der Waals surface area contributed by atoms with Crippen LogP contribution in [0.1, 0.15) is 28.4 Å². The van der Waals surface area contributed by atoms with Crippen molar-refractivity contribution in [3.63, 3.8) is 0 Å². The van der Waals surface area contributed by atoms with Crippen LogP contribution in [0.15, 0.2) is 48.8 Å². The molecule has 3 nitrogen and oxygen atoms in total. The van der Waals surface area contributed by atoms with Gasteiger partial charge in [0.2, 0.25) is 0 Å². The van der Waals surface area contributed by atoms with Crippen molar-refractivity contribution in [3.8, 4) is 0 Å². The molecule has 0 fully saturated rings. The van der Waals surface area contributed by atoms with Gasteiger partial charge in [-0.1, -0.05) is 41.5 Å². The molecule has 0 radical (unpaired) electrons. The maximum atomic E-state index is 10.6. The van der Waals surface area contributed by atoms with Crippen LogP contribution in [-0.2, 0) is 6.42 Å². The Labute approximate surface area is 124 Å². The molecule has 0 aliphatic heterocycles. The molecule has 0 amide bonds. The maximum Gasteiger partial charge on any atom is 0.0944 e. The first-order valence-electron chi connectivity index (χ1n) is 7.08. The minimum Gasteiger partial charge on any atom is -0.388 e. The lowest BCUT2D eigenvalue weighted by atomic mass is 9.97. The van der Waals surface area contributed by atoms with Gasteiger partial charge < -0.3 is 5.11 Å². The minimum absolute atomic E-state index is 0.577. The molecule has 3 heteroatoms. The number of para-hydroxylation sites is 1. The smallest absolute Gasteiger partial charge is 0.0944 e. The van der Waals surface area contributed by atoms with Crippen LogP contribution in [0.2, 0.25) is 0 Å². The van der Waals surface area contributed by atoms with Crippen LogP contribution >= 0.6 is 0 Å². The molecule has 0 saturated heterocycles. The van der Waals surface area contributed by atoms with E-state index in [9.17, 15) is 5.11 Å². The molecular weight excluding hydrogens is 260 g/mol. The Bertz CT molecular complexity index is 758. The van der Waals surface area contributed by atoms with Crippen molar-refractivity contribution >= 4 is 11.0 Å². The molecule has 0 saturated carbocycles. The number of hydrogen-bond acceptors (Lipinski definition) is 3. The summed E-state index contributed by atoms with van der Waals surface area (Å²) in [7, 11) is 0. The molecule has 0 aliphatic rings. The van der Waals surface area contributed by atoms with E-state index in [4.69, 9.17) is 0 Å². The van der Waals surface area contributed by atoms with Gasteiger partial charge in [-0.2, -0.15) is 0 Å². The van der Waals surface area contributed by atoms with Crippen molar-refractivity contribution in [2.45, 2.75) is 26.4 Å². The fraction of sp³-hybridized carbons (Fsp3) is 0.222. The molecule has 1 atom stereocenters. The van der Waals surface area contributed by atoms with Crippen LogP contribution in [0.3, 0.4) is 0 Å². The van der Waals surface area contributed by atoms with Crippen molar-refractivity contribution < 1.29 is 5.11 Å². The monoisotopic (exact) mass is 278 g/mol. The van der Waals surface area contributed by atoms with Crippen LogP contribution in [-0.4, -0.2) is 15.1 Å². The highest BCUT2D eigenvalue weighted by Crippen LogP contribution is 2.24. The Hall–Kier alpha value is -2.26. The van der Waals surface area contributed by atoms with E-state index in [0.29, 0.717) is 6.42 Å². The second kappa shape index (κ2) is 5.62. The van der Waals surface area contributed by atoms with Gasteiger partial charge in [0.1, 0.15) is 0 Å². The van der Waals surface area contributed by atoms with Crippen LogP contribution in [0, 0.1) is 13.8 Å². The Balaban J connectivity index is 1.95. The van der Waals surface area contributed by atoms with Crippen LogP contribution in [0.25, 0.3) is 11.0 Å². The largest absolute Gasteiger partial charge is 0.388 e. The summed E-state index contributed by atoms with van der Waals surface area (Å²) in [5.74, 6) is 0. The third-order valence-electron chi connectivity index (χ3n) is 3.60. The number of rotatable bonds is 3. The minimum atomic E-state index is -0.577. The van der Waals surface area contributed by atoms with E-state index >= 15 is 0 Å². The maximum absolute atomic E-state index is 10.6. The number of hydrogen-bond donors (Lipinski definition) is 1. The molecule has 21 heavy (non-hydrogen) atoms. The fourth-order valence-corrected chi connectivity index (χ4v) is 2.80. The fourth-order valence-electron chi connectivity index (χ4n) is 2.80. The van der Waals surface area contributed by atoms with Gasteiger partial charge in [0, 0.05) is 24.4 Å². The highest BCUT2D eigenvalue weighted by atomic mass is 16.3. The average molecular weight is 278 g/mol. The number of aromatic nitrogens is 2. The van der Waals surface area contributed by atoms with Gasteiger partial charge in [0.15, 0.2) is 0 Å². The highest BCUT2D eigenvalue weighted by molar-refractivity contribution is 5.77. The second-order valence-corrected chi connectivity index (χ2v) is 5.49. The number of fused-ring (bicyclic) bond motifs is 1. The topological polar surface area (TPSA) is 46.0 Å². The number of nitrogens with zero attached hydrogens (tertiary/aromatic N) is 2. The molecule has 0 bridgehead atoms. The van der Waals surface area contributed by atoms with Crippen LogP contribution in [0.4, 0.5) is 0 Å². The van der Waals surface area contributed by atoms with Crippen LogP contribution in [0.5, 0.6) is 0 Å².